The molecule has 0 aliphatic carbocycles. The molecule has 0 saturated carbocycles. The van der Waals surface area contributed by atoms with E-state index in [0.29, 0.717) is 15.4 Å². The number of anilines is 1. The first kappa shape index (κ1) is 17.2. The van der Waals surface area contributed by atoms with E-state index in [9.17, 15) is 9.59 Å². The van der Waals surface area contributed by atoms with Crippen LogP contribution in [0.1, 0.15) is 5.56 Å². The van der Waals surface area contributed by atoms with E-state index in [1.807, 2.05) is 6.07 Å². The van der Waals surface area contributed by atoms with Gasteiger partial charge in [0.15, 0.2) is 0 Å². The minimum atomic E-state index is -0.511. The summed E-state index contributed by atoms with van der Waals surface area (Å²) in [4.78, 5) is 32.3. The summed E-state index contributed by atoms with van der Waals surface area (Å²) in [5, 5.41) is 16.3. The molecule has 3 rings (SSSR count). The van der Waals surface area contributed by atoms with Crippen LogP contribution in [0.15, 0.2) is 44.5 Å². The Morgan fingerprint density at radius 1 is 1.24 bits per heavy atom. The first-order valence-corrected chi connectivity index (χ1v) is 8.44. The SMILES string of the molecule is N#Cc1cnc(NC(=O)Cn2nc(Br)c3cc(Br)ccc3c2=O)nc1. The predicted molar refractivity (Wildman–Crippen MR) is 96.8 cm³/mol. The van der Waals surface area contributed by atoms with Gasteiger partial charge in [-0.3, -0.25) is 14.9 Å². The summed E-state index contributed by atoms with van der Waals surface area (Å²) in [5.74, 6) is -0.469. The summed E-state index contributed by atoms with van der Waals surface area (Å²) >= 11 is 6.65. The number of aromatic nitrogens is 4. The van der Waals surface area contributed by atoms with Crippen LogP contribution in [-0.4, -0.2) is 25.7 Å². The molecule has 3 aromatic rings. The number of hydrogen-bond acceptors (Lipinski definition) is 6. The number of fused-ring (bicyclic) bond motifs is 1. The van der Waals surface area contributed by atoms with Crippen LogP contribution in [0, 0.1) is 11.3 Å². The fraction of sp³-hybridized carbons (Fsp3) is 0.0667. The molecule has 1 aromatic carbocycles. The molecule has 2 heterocycles. The minimum Gasteiger partial charge on any atom is -0.293 e. The summed E-state index contributed by atoms with van der Waals surface area (Å²) in [6, 6.07) is 7.05. The molecule has 0 bridgehead atoms. The number of halogens is 2. The van der Waals surface area contributed by atoms with E-state index in [1.54, 1.807) is 18.2 Å². The van der Waals surface area contributed by atoms with Crippen LogP contribution in [-0.2, 0) is 11.3 Å². The van der Waals surface area contributed by atoms with Crippen molar-refractivity contribution in [1.82, 2.24) is 19.7 Å². The highest BCUT2D eigenvalue weighted by atomic mass is 79.9. The Morgan fingerprint density at radius 3 is 2.64 bits per heavy atom. The molecule has 124 valence electrons. The van der Waals surface area contributed by atoms with Crippen LogP contribution in [0.3, 0.4) is 0 Å². The molecule has 8 nitrogen and oxygen atoms in total. The van der Waals surface area contributed by atoms with Crippen molar-refractivity contribution in [1.29, 1.82) is 5.26 Å². The van der Waals surface area contributed by atoms with Gasteiger partial charge in [-0.2, -0.15) is 10.4 Å². The molecule has 1 amide bonds. The van der Waals surface area contributed by atoms with Gasteiger partial charge < -0.3 is 0 Å². The van der Waals surface area contributed by atoms with E-state index in [0.717, 1.165) is 9.15 Å². The molecular formula is C15H8Br2N6O2. The van der Waals surface area contributed by atoms with Crippen molar-refractivity contribution in [2.75, 3.05) is 5.32 Å². The maximum Gasteiger partial charge on any atom is 0.275 e. The van der Waals surface area contributed by atoms with Gasteiger partial charge in [0.05, 0.1) is 23.3 Å². The second-order valence-electron chi connectivity index (χ2n) is 4.90. The van der Waals surface area contributed by atoms with Gasteiger partial charge in [-0.1, -0.05) is 15.9 Å². The van der Waals surface area contributed by atoms with Crippen LogP contribution < -0.4 is 10.9 Å². The number of nitrogens with one attached hydrogen (secondary N) is 1. The molecule has 10 heteroatoms. The van der Waals surface area contributed by atoms with Gasteiger partial charge in [0.1, 0.15) is 17.2 Å². The van der Waals surface area contributed by atoms with Crippen LogP contribution in [0.5, 0.6) is 0 Å². The van der Waals surface area contributed by atoms with Crippen molar-refractivity contribution in [3.63, 3.8) is 0 Å². The topological polar surface area (TPSA) is 114 Å². The average Bonchev–Trinajstić information content (AvgIpc) is 2.60. The van der Waals surface area contributed by atoms with Crippen molar-refractivity contribution in [3.05, 3.63) is 55.6 Å². The highest BCUT2D eigenvalue weighted by Gasteiger charge is 2.13. The number of benzene rings is 1. The Kier molecular flexibility index (Phi) is 4.87. The fourth-order valence-electron chi connectivity index (χ4n) is 2.08. The number of carbonyl (C=O) groups excluding carboxylic acids is 1. The first-order valence-electron chi connectivity index (χ1n) is 6.86. The molecule has 0 fully saturated rings. The average molecular weight is 464 g/mol. The molecule has 0 aliphatic rings. The largest absolute Gasteiger partial charge is 0.293 e. The highest BCUT2D eigenvalue weighted by molar-refractivity contribution is 9.11. The lowest BCUT2D eigenvalue weighted by Crippen LogP contribution is -2.30. The second-order valence-corrected chi connectivity index (χ2v) is 6.57. The lowest BCUT2D eigenvalue weighted by Gasteiger charge is -2.08. The second kappa shape index (κ2) is 7.08. The summed E-state index contributed by atoms with van der Waals surface area (Å²) in [7, 11) is 0. The van der Waals surface area contributed by atoms with Crippen molar-refractivity contribution >= 4 is 54.5 Å². The van der Waals surface area contributed by atoms with E-state index < -0.39 is 5.91 Å². The van der Waals surface area contributed by atoms with Crippen LogP contribution in [0.25, 0.3) is 10.8 Å². The number of rotatable bonds is 3. The predicted octanol–water partition coefficient (Wildman–Crippen LogP) is 2.22. The van der Waals surface area contributed by atoms with Gasteiger partial charge in [0, 0.05) is 9.86 Å². The molecule has 0 unspecified atom stereocenters. The number of nitrogens with zero attached hydrogens (tertiary/aromatic N) is 5. The summed E-state index contributed by atoms with van der Waals surface area (Å²) in [6.07, 6.45) is 2.58. The Morgan fingerprint density at radius 2 is 1.96 bits per heavy atom. The Labute approximate surface area is 157 Å². The van der Waals surface area contributed by atoms with Crippen LogP contribution >= 0.6 is 31.9 Å². The summed E-state index contributed by atoms with van der Waals surface area (Å²) < 4.78 is 2.32. The Hall–Kier alpha value is -2.64. The van der Waals surface area contributed by atoms with Gasteiger partial charge in [0.2, 0.25) is 11.9 Å². The Balaban J connectivity index is 1.86. The third-order valence-electron chi connectivity index (χ3n) is 3.20. The molecule has 2 aromatic heterocycles. The zero-order valence-corrected chi connectivity index (χ0v) is 15.6. The molecule has 0 spiro atoms. The smallest absolute Gasteiger partial charge is 0.275 e. The van der Waals surface area contributed by atoms with Gasteiger partial charge in [-0.25, -0.2) is 14.6 Å². The van der Waals surface area contributed by atoms with Crippen molar-refractivity contribution < 1.29 is 4.79 Å². The number of carbonyl (C=O) groups is 1. The standard InChI is InChI=1S/C15H8Br2N6O2/c16-9-1-2-10-11(3-9)13(17)22-23(14(10)25)7-12(24)21-15-19-5-8(4-18)6-20-15/h1-3,5-6H,7H2,(H,19,20,21,24). The molecular weight excluding hydrogens is 456 g/mol. The van der Waals surface area contributed by atoms with E-state index in [-0.39, 0.29) is 23.6 Å². The molecule has 0 radical (unpaired) electrons. The molecule has 0 aliphatic heterocycles. The van der Waals surface area contributed by atoms with Crippen molar-refractivity contribution in [2.45, 2.75) is 6.54 Å². The lowest BCUT2D eigenvalue weighted by molar-refractivity contribution is -0.117. The lowest BCUT2D eigenvalue weighted by atomic mass is 10.2. The highest BCUT2D eigenvalue weighted by Crippen LogP contribution is 2.22. The summed E-state index contributed by atoms with van der Waals surface area (Å²) in [5.41, 5.74) is -0.109. The van der Waals surface area contributed by atoms with Crippen LogP contribution in [0.4, 0.5) is 5.95 Å². The monoisotopic (exact) mass is 462 g/mol. The van der Waals surface area contributed by atoms with Gasteiger partial charge in [0.25, 0.3) is 5.56 Å². The maximum atomic E-state index is 12.5. The first-order chi connectivity index (χ1) is 12.0. The van der Waals surface area contributed by atoms with Gasteiger partial charge in [-0.15, -0.1) is 0 Å². The van der Waals surface area contributed by atoms with E-state index in [4.69, 9.17) is 5.26 Å². The third kappa shape index (κ3) is 3.72. The number of amides is 1. The Bertz CT molecular complexity index is 1070. The third-order valence-corrected chi connectivity index (χ3v) is 4.28. The molecule has 0 atom stereocenters. The van der Waals surface area contributed by atoms with E-state index in [2.05, 4.69) is 52.2 Å². The zero-order chi connectivity index (χ0) is 18.0. The molecule has 25 heavy (non-hydrogen) atoms. The number of hydrogen-bond donors (Lipinski definition) is 1. The summed E-state index contributed by atoms with van der Waals surface area (Å²) in [6.45, 7) is -0.299. The van der Waals surface area contributed by atoms with Gasteiger partial charge in [-0.05, 0) is 34.1 Å². The quantitative estimate of drug-likeness (QED) is 0.637. The van der Waals surface area contributed by atoms with Gasteiger partial charge >= 0.3 is 0 Å². The molecule has 0 saturated heterocycles. The normalized spacial score (nSPS) is 10.4. The minimum absolute atomic E-state index is 0.0424. The van der Waals surface area contributed by atoms with Crippen molar-refractivity contribution in [3.8, 4) is 6.07 Å². The van der Waals surface area contributed by atoms with Crippen molar-refractivity contribution in [2.24, 2.45) is 0 Å². The van der Waals surface area contributed by atoms with E-state index in [1.165, 1.54) is 12.4 Å². The maximum absolute atomic E-state index is 12.5. The van der Waals surface area contributed by atoms with E-state index >= 15 is 0 Å². The van der Waals surface area contributed by atoms with Crippen LogP contribution in [0.2, 0.25) is 0 Å². The molecule has 1 N–H and O–H groups in total. The number of nitriles is 1. The zero-order valence-electron chi connectivity index (χ0n) is 12.4. The fourth-order valence-corrected chi connectivity index (χ4v) is 2.96.